The Hall–Kier alpha value is -0.980. The summed E-state index contributed by atoms with van der Waals surface area (Å²) in [7, 11) is 0. The van der Waals surface area contributed by atoms with E-state index in [1.807, 2.05) is 10.9 Å². The molecule has 0 spiro atoms. The molecule has 0 aliphatic carbocycles. The van der Waals surface area contributed by atoms with Crippen molar-refractivity contribution in [1.29, 1.82) is 0 Å². The molecule has 2 rings (SSSR count). The summed E-state index contributed by atoms with van der Waals surface area (Å²) in [5, 5.41) is 11.4. The van der Waals surface area contributed by atoms with Crippen molar-refractivity contribution in [3.63, 3.8) is 0 Å². The van der Waals surface area contributed by atoms with E-state index in [9.17, 15) is 0 Å². The number of likely N-dealkylation sites (tertiary alicyclic amines) is 1. The molecule has 1 fully saturated rings. The Morgan fingerprint density at radius 2 is 2.05 bits per heavy atom. The van der Waals surface area contributed by atoms with Crippen molar-refractivity contribution < 1.29 is 4.74 Å². The molecule has 0 saturated carbocycles. The Labute approximate surface area is 115 Å². The van der Waals surface area contributed by atoms with Crippen LogP contribution in [0.4, 0.5) is 0 Å². The minimum atomic E-state index is 0.706. The number of nitrogens with one attached hydrogen (secondary N) is 1. The predicted octanol–water partition coefficient (Wildman–Crippen LogP) is 0.500. The highest BCUT2D eigenvalue weighted by Crippen LogP contribution is 2.05. The maximum absolute atomic E-state index is 5.64. The average Bonchev–Trinajstić information content (AvgIpc) is 3.07. The van der Waals surface area contributed by atoms with Crippen LogP contribution in [-0.4, -0.2) is 59.3 Å². The van der Waals surface area contributed by atoms with E-state index in [-0.39, 0.29) is 0 Å². The first-order valence-corrected chi connectivity index (χ1v) is 7.28. The number of rotatable bonds is 9. The van der Waals surface area contributed by atoms with E-state index in [2.05, 4.69) is 27.5 Å². The number of hydrogen-bond donors (Lipinski definition) is 1. The molecular formula is C13H25N5O. The molecule has 1 N–H and O–H groups in total. The topological polar surface area (TPSA) is 55.2 Å². The van der Waals surface area contributed by atoms with E-state index < -0.39 is 0 Å². The highest BCUT2D eigenvalue weighted by Gasteiger charge is 2.10. The number of hydrogen-bond acceptors (Lipinski definition) is 5. The lowest BCUT2D eigenvalue weighted by atomic mass is 10.4. The molecule has 0 amide bonds. The Morgan fingerprint density at radius 3 is 2.84 bits per heavy atom. The minimum Gasteiger partial charge on any atom is -0.378 e. The van der Waals surface area contributed by atoms with Crippen LogP contribution in [0.15, 0.2) is 6.20 Å². The second-order valence-electron chi connectivity index (χ2n) is 4.91. The van der Waals surface area contributed by atoms with Crippen LogP contribution in [0.3, 0.4) is 0 Å². The van der Waals surface area contributed by atoms with Crippen LogP contribution in [0.5, 0.6) is 0 Å². The first-order chi connectivity index (χ1) is 9.38. The molecule has 0 atom stereocenters. The van der Waals surface area contributed by atoms with E-state index in [0.717, 1.165) is 38.5 Å². The summed E-state index contributed by atoms with van der Waals surface area (Å²) in [6.45, 7) is 9.65. The third kappa shape index (κ3) is 5.26. The van der Waals surface area contributed by atoms with Crippen LogP contribution in [-0.2, 0) is 17.8 Å². The van der Waals surface area contributed by atoms with E-state index in [1.165, 1.54) is 25.9 Å². The summed E-state index contributed by atoms with van der Waals surface area (Å²) in [6.07, 6.45) is 4.66. The maximum Gasteiger partial charge on any atom is 0.0964 e. The van der Waals surface area contributed by atoms with E-state index >= 15 is 0 Å². The Morgan fingerprint density at radius 1 is 1.26 bits per heavy atom. The van der Waals surface area contributed by atoms with Crippen LogP contribution < -0.4 is 5.32 Å². The molecule has 19 heavy (non-hydrogen) atoms. The molecule has 1 aromatic heterocycles. The van der Waals surface area contributed by atoms with Gasteiger partial charge in [0.25, 0.3) is 0 Å². The quantitative estimate of drug-likeness (QED) is 0.660. The van der Waals surface area contributed by atoms with Crippen molar-refractivity contribution in [1.82, 2.24) is 25.2 Å². The van der Waals surface area contributed by atoms with Gasteiger partial charge in [0, 0.05) is 19.3 Å². The second kappa shape index (κ2) is 8.24. The largest absolute Gasteiger partial charge is 0.378 e. The van der Waals surface area contributed by atoms with Crippen LogP contribution in [0.25, 0.3) is 0 Å². The van der Waals surface area contributed by atoms with E-state index in [4.69, 9.17) is 4.74 Å². The fourth-order valence-corrected chi connectivity index (χ4v) is 2.24. The lowest BCUT2D eigenvalue weighted by Gasteiger charge is -2.14. The van der Waals surface area contributed by atoms with Crippen molar-refractivity contribution >= 4 is 0 Å². The van der Waals surface area contributed by atoms with E-state index in [0.29, 0.717) is 6.61 Å². The van der Waals surface area contributed by atoms with Gasteiger partial charge in [-0.3, -0.25) is 0 Å². The van der Waals surface area contributed by atoms with Crippen LogP contribution >= 0.6 is 0 Å². The molecule has 6 heteroatoms. The Balaban J connectivity index is 1.53. The summed E-state index contributed by atoms with van der Waals surface area (Å²) >= 11 is 0. The molecular weight excluding hydrogens is 242 g/mol. The van der Waals surface area contributed by atoms with Crippen molar-refractivity contribution in [2.24, 2.45) is 0 Å². The van der Waals surface area contributed by atoms with Gasteiger partial charge in [0.15, 0.2) is 0 Å². The highest BCUT2D eigenvalue weighted by molar-refractivity contribution is 4.91. The van der Waals surface area contributed by atoms with Gasteiger partial charge in [-0.2, -0.15) is 0 Å². The molecule has 1 aromatic rings. The Kier molecular flexibility index (Phi) is 6.26. The third-order valence-corrected chi connectivity index (χ3v) is 3.36. The normalized spacial score (nSPS) is 16.3. The zero-order valence-corrected chi connectivity index (χ0v) is 11.8. The summed E-state index contributed by atoms with van der Waals surface area (Å²) in [5.41, 5.74) is 0.985. The highest BCUT2D eigenvalue weighted by atomic mass is 16.5. The summed E-state index contributed by atoms with van der Waals surface area (Å²) in [6, 6.07) is 0. The van der Waals surface area contributed by atoms with Gasteiger partial charge in [-0.1, -0.05) is 12.1 Å². The van der Waals surface area contributed by atoms with Gasteiger partial charge < -0.3 is 15.0 Å². The SMILES string of the molecule is CCNCc1cn(CCOCCN2CCCC2)nn1. The fourth-order valence-electron chi connectivity index (χ4n) is 2.24. The number of nitrogens with zero attached hydrogens (tertiary/aromatic N) is 4. The smallest absolute Gasteiger partial charge is 0.0964 e. The first-order valence-electron chi connectivity index (χ1n) is 7.28. The molecule has 6 nitrogen and oxygen atoms in total. The molecule has 0 unspecified atom stereocenters. The van der Waals surface area contributed by atoms with Crippen molar-refractivity contribution in [3.8, 4) is 0 Å². The van der Waals surface area contributed by atoms with Crippen molar-refractivity contribution in [3.05, 3.63) is 11.9 Å². The number of ether oxygens (including phenoxy) is 1. The fraction of sp³-hybridized carbons (Fsp3) is 0.846. The van der Waals surface area contributed by atoms with Gasteiger partial charge in [-0.25, -0.2) is 4.68 Å². The summed E-state index contributed by atoms with van der Waals surface area (Å²) in [4.78, 5) is 2.46. The van der Waals surface area contributed by atoms with Crippen LogP contribution in [0.2, 0.25) is 0 Å². The van der Waals surface area contributed by atoms with Gasteiger partial charge in [-0.05, 0) is 32.5 Å². The molecule has 2 heterocycles. The molecule has 1 saturated heterocycles. The standard InChI is InChI=1S/C13H25N5O/c1-2-14-11-13-12-18(16-15-13)8-10-19-9-7-17-5-3-4-6-17/h12,14H,2-11H2,1H3. The van der Waals surface area contributed by atoms with E-state index in [1.54, 1.807) is 0 Å². The number of aromatic nitrogens is 3. The van der Waals surface area contributed by atoms with Gasteiger partial charge in [-0.15, -0.1) is 5.10 Å². The minimum absolute atomic E-state index is 0.706. The van der Waals surface area contributed by atoms with Gasteiger partial charge in [0.05, 0.1) is 25.5 Å². The zero-order chi connectivity index (χ0) is 13.3. The van der Waals surface area contributed by atoms with Crippen molar-refractivity contribution in [2.75, 3.05) is 39.4 Å². The third-order valence-electron chi connectivity index (χ3n) is 3.36. The first kappa shape index (κ1) is 14.4. The lowest BCUT2D eigenvalue weighted by molar-refractivity contribution is 0.102. The van der Waals surface area contributed by atoms with Gasteiger partial charge >= 0.3 is 0 Å². The van der Waals surface area contributed by atoms with Gasteiger partial charge in [0.1, 0.15) is 0 Å². The molecule has 108 valence electrons. The molecule has 0 bridgehead atoms. The summed E-state index contributed by atoms with van der Waals surface area (Å²) < 4.78 is 7.49. The monoisotopic (exact) mass is 267 g/mol. The molecule has 1 aliphatic heterocycles. The Bertz CT molecular complexity index is 349. The molecule has 0 radical (unpaired) electrons. The van der Waals surface area contributed by atoms with Crippen LogP contribution in [0.1, 0.15) is 25.5 Å². The van der Waals surface area contributed by atoms with Gasteiger partial charge in [0.2, 0.25) is 0 Å². The predicted molar refractivity (Wildman–Crippen MR) is 73.9 cm³/mol. The molecule has 1 aliphatic rings. The van der Waals surface area contributed by atoms with Crippen LogP contribution in [0, 0.1) is 0 Å². The molecule has 0 aromatic carbocycles. The zero-order valence-electron chi connectivity index (χ0n) is 11.8. The average molecular weight is 267 g/mol. The second-order valence-corrected chi connectivity index (χ2v) is 4.91. The summed E-state index contributed by atoms with van der Waals surface area (Å²) in [5.74, 6) is 0. The van der Waals surface area contributed by atoms with Crippen molar-refractivity contribution in [2.45, 2.75) is 32.9 Å². The lowest BCUT2D eigenvalue weighted by Crippen LogP contribution is -2.24. The maximum atomic E-state index is 5.64.